The Bertz CT molecular complexity index is 1120. The molecule has 0 amide bonds. The summed E-state index contributed by atoms with van der Waals surface area (Å²) in [7, 11) is 0. The van der Waals surface area contributed by atoms with Crippen molar-refractivity contribution in [3.63, 3.8) is 0 Å². The Kier molecular flexibility index (Phi) is 6.01. The van der Waals surface area contributed by atoms with Gasteiger partial charge in [-0.15, -0.1) is 0 Å². The van der Waals surface area contributed by atoms with Gasteiger partial charge in [0, 0.05) is 5.56 Å². The third kappa shape index (κ3) is 4.29. The standard InChI is InChI=1S/C27H23N3O/c28-25(21-13-5-1-6-14-21)26(30-29-24-19-11-4-12-20-24)27(31,22-15-7-2-8-16-22)23-17-9-3-10-18-23/h1-20,28-29,31H/b28-25?,30-26+. The minimum Gasteiger partial charge on any atom is -0.374 e. The number of benzene rings is 4. The summed E-state index contributed by atoms with van der Waals surface area (Å²) in [6.07, 6.45) is 0. The second-order valence-corrected chi connectivity index (χ2v) is 7.12. The Morgan fingerprint density at radius 1 is 0.645 bits per heavy atom. The molecule has 31 heavy (non-hydrogen) atoms. The lowest BCUT2D eigenvalue weighted by atomic mass is 9.79. The van der Waals surface area contributed by atoms with Crippen molar-refractivity contribution >= 4 is 17.1 Å². The highest BCUT2D eigenvalue weighted by molar-refractivity contribution is 6.50. The maximum Gasteiger partial charge on any atom is 0.161 e. The van der Waals surface area contributed by atoms with Crippen LogP contribution in [0.2, 0.25) is 0 Å². The van der Waals surface area contributed by atoms with Crippen molar-refractivity contribution in [3.8, 4) is 0 Å². The molecule has 3 N–H and O–H groups in total. The largest absolute Gasteiger partial charge is 0.374 e. The van der Waals surface area contributed by atoms with Gasteiger partial charge in [-0.05, 0) is 23.3 Å². The molecule has 4 aromatic carbocycles. The van der Waals surface area contributed by atoms with E-state index in [-0.39, 0.29) is 11.4 Å². The summed E-state index contributed by atoms with van der Waals surface area (Å²) in [6.45, 7) is 0. The third-order valence-corrected chi connectivity index (χ3v) is 5.10. The van der Waals surface area contributed by atoms with E-state index in [1.165, 1.54) is 0 Å². The van der Waals surface area contributed by atoms with Gasteiger partial charge < -0.3 is 5.11 Å². The second kappa shape index (κ2) is 9.20. The molecule has 4 nitrogen and oxygen atoms in total. The summed E-state index contributed by atoms with van der Waals surface area (Å²) >= 11 is 0. The van der Waals surface area contributed by atoms with Crippen LogP contribution in [0, 0.1) is 5.41 Å². The lowest BCUT2D eigenvalue weighted by molar-refractivity contribution is 0.158. The molecule has 0 spiro atoms. The summed E-state index contributed by atoms with van der Waals surface area (Å²) in [5.41, 5.74) is 4.45. The first kappa shape index (κ1) is 20.3. The predicted molar refractivity (Wildman–Crippen MR) is 127 cm³/mol. The topological polar surface area (TPSA) is 68.5 Å². The minimum atomic E-state index is -1.63. The summed E-state index contributed by atoms with van der Waals surface area (Å²) in [4.78, 5) is 0. The summed E-state index contributed by atoms with van der Waals surface area (Å²) in [6, 6.07) is 37.5. The molecular formula is C27H23N3O. The summed E-state index contributed by atoms with van der Waals surface area (Å²) in [5.74, 6) is 0. The number of aliphatic hydroxyl groups is 1. The molecule has 0 saturated heterocycles. The number of anilines is 1. The van der Waals surface area contributed by atoms with Crippen molar-refractivity contribution < 1.29 is 5.11 Å². The fraction of sp³-hybridized carbons (Fsp3) is 0.0370. The Labute approximate surface area is 182 Å². The number of nitrogens with one attached hydrogen (secondary N) is 2. The Morgan fingerprint density at radius 2 is 1.06 bits per heavy atom. The SMILES string of the molecule is N=C(/C(=N\Nc1ccccc1)C(O)(c1ccccc1)c1ccccc1)c1ccccc1. The fourth-order valence-corrected chi connectivity index (χ4v) is 3.49. The maximum atomic E-state index is 12.2. The number of hydrogen-bond donors (Lipinski definition) is 3. The molecule has 4 rings (SSSR count). The first-order chi connectivity index (χ1) is 15.2. The molecule has 0 fully saturated rings. The highest BCUT2D eigenvalue weighted by Gasteiger charge is 2.40. The molecule has 0 heterocycles. The zero-order valence-electron chi connectivity index (χ0n) is 16.9. The van der Waals surface area contributed by atoms with Gasteiger partial charge in [0.25, 0.3) is 0 Å². The number of hydrogen-bond acceptors (Lipinski definition) is 4. The van der Waals surface area contributed by atoms with E-state index in [1.54, 1.807) is 0 Å². The van der Waals surface area contributed by atoms with Gasteiger partial charge in [-0.3, -0.25) is 10.8 Å². The highest BCUT2D eigenvalue weighted by atomic mass is 16.3. The third-order valence-electron chi connectivity index (χ3n) is 5.10. The number of hydrazone groups is 1. The summed E-state index contributed by atoms with van der Waals surface area (Å²) < 4.78 is 0. The van der Waals surface area contributed by atoms with E-state index < -0.39 is 5.60 Å². The highest BCUT2D eigenvalue weighted by Crippen LogP contribution is 2.33. The van der Waals surface area contributed by atoms with Gasteiger partial charge in [-0.25, -0.2) is 0 Å². The van der Waals surface area contributed by atoms with Gasteiger partial charge in [-0.2, -0.15) is 5.10 Å². The van der Waals surface area contributed by atoms with Crippen LogP contribution >= 0.6 is 0 Å². The average molecular weight is 406 g/mol. The van der Waals surface area contributed by atoms with Crippen LogP contribution in [0.5, 0.6) is 0 Å². The lowest BCUT2D eigenvalue weighted by Gasteiger charge is -2.31. The normalized spacial score (nSPS) is 11.7. The molecule has 0 aliphatic heterocycles. The van der Waals surface area contributed by atoms with Crippen LogP contribution in [-0.4, -0.2) is 16.5 Å². The molecule has 0 bridgehead atoms. The van der Waals surface area contributed by atoms with Gasteiger partial charge in [-0.1, -0.05) is 109 Å². The van der Waals surface area contributed by atoms with Crippen molar-refractivity contribution in [2.45, 2.75) is 5.60 Å². The van der Waals surface area contributed by atoms with Crippen molar-refractivity contribution in [1.29, 1.82) is 5.41 Å². The van der Waals surface area contributed by atoms with Crippen LogP contribution in [0.15, 0.2) is 126 Å². The first-order valence-corrected chi connectivity index (χ1v) is 10.1. The van der Waals surface area contributed by atoms with Crippen molar-refractivity contribution in [2.75, 3.05) is 5.43 Å². The van der Waals surface area contributed by atoms with E-state index in [2.05, 4.69) is 10.5 Å². The van der Waals surface area contributed by atoms with Crippen LogP contribution in [0.1, 0.15) is 16.7 Å². The van der Waals surface area contributed by atoms with Gasteiger partial charge >= 0.3 is 0 Å². The lowest BCUT2D eigenvalue weighted by Crippen LogP contribution is -2.42. The van der Waals surface area contributed by atoms with Crippen LogP contribution < -0.4 is 5.43 Å². The number of nitrogens with zero attached hydrogens (tertiary/aromatic N) is 1. The molecule has 0 aliphatic rings. The van der Waals surface area contributed by atoms with Gasteiger partial charge in [0.1, 0.15) is 5.71 Å². The molecule has 0 unspecified atom stereocenters. The van der Waals surface area contributed by atoms with Crippen molar-refractivity contribution in [2.24, 2.45) is 5.10 Å². The number of para-hydroxylation sites is 1. The smallest absolute Gasteiger partial charge is 0.161 e. The zero-order valence-corrected chi connectivity index (χ0v) is 16.9. The van der Waals surface area contributed by atoms with Gasteiger partial charge in [0.05, 0.1) is 11.4 Å². The van der Waals surface area contributed by atoms with Crippen LogP contribution in [0.25, 0.3) is 0 Å². The van der Waals surface area contributed by atoms with Crippen LogP contribution in [0.4, 0.5) is 5.69 Å². The molecule has 4 aromatic rings. The minimum absolute atomic E-state index is 0.138. The molecule has 152 valence electrons. The average Bonchev–Trinajstić information content (AvgIpc) is 2.86. The quantitative estimate of drug-likeness (QED) is 0.282. The van der Waals surface area contributed by atoms with Crippen LogP contribution in [-0.2, 0) is 5.60 Å². The predicted octanol–water partition coefficient (Wildman–Crippen LogP) is 5.46. The van der Waals surface area contributed by atoms with Crippen LogP contribution in [0.3, 0.4) is 0 Å². The zero-order chi connectivity index (χ0) is 21.5. The summed E-state index contributed by atoms with van der Waals surface area (Å²) in [5, 5.41) is 25.8. The molecular weight excluding hydrogens is 382 g/mol. The van der Waals surface area contributed by atoms with E-state index in [4.69, 9.17) is 5.41 Å². The Morgan fingerprint density at radius 3 is 1.55 bits per heavy atom. The maximum absolute atomic E-state index is 12.2. The second-order valence-electron chi connectivity index (χ2n) is 7.12. The van der Waals surface area contributed by atoms with E-state index >= 15 is 0 Å². The monoisotopic (exact) mass is 405 g/mol. The molecule has 0 atom stereocenters. The molecule has 0 aliphatic carbocycles. The molecule has 0 saturated carbocycles. The van der Waals surface area contributed by atoms with E-state index in [9.17, 15) is 5.11 Å². The fourth-order valence-electron chi connectivity index (χ4n) is 3.49. The Hall–Kier alpha value is -4.02. The van der Waals surface area contributed by atoms with Gasteiger partial charge in [0.15, 0.2) is 5.60 Å². The first-order valence-electron chi connectivity index (χ1n) is 10.1. The van der Waals surface area contributed by atoms with Gasteiger partial charge in [0.2, 0.25) is 0 Å². The van der Waals surface area contributed by atoms with Crippen molar-refractivity contribution in [1.82, 2.24) is 0 Å². The van der Waals surface area contributed by atoms with E-state index in [0.717, 1.165) is 5.69 Å². The molecule has 0 aromatic heterocycles. The molecule has 0 radical (unpaired) electrons. The number of rotatable bonds is 7. The molecule has 4 heteroatoms. The van der Waals surface area contributed by atoms with Crippen molar-refractivity contribution in [3.05, 3.63) is 138 Å². The van der Waals surface area contributed by atoms with E-state index in [0.29, 0.717) is 16.7 Å². The Balaban J connectivity index is 1.91. The van der Waals surface area contributed by atoms with E-state index in [1.807, 2.05) is 121 Å².